The van der Waals surface area contributed by atoms with E-state index < -0.39 is 0 Å². The maximum Gasteiger partial charge on any atom is 0.192 e. The highest BCUT2D eigenvalue weighted by Crippen LogP contribution is 2.00. The Balaban J connectivity index is 0.00000312. The lowest BCUT2D eigenvalue weighted by Gasteiger charge is -2.12. The fraction of sp³-hybridized carbons (Fsp3) is 0.562. The van der Waals surface area contributed by atoms with E-state index in [4.69, 9.17) is 9.15 Å². The van der Waals surface area contributed by atoms with Crippen molar-refractivity contribution in [3.63, 3.8) is 0 Å². The molecule has 0 spiro atoms. The Hall–Kier alpha value is -1.62. The van der Waals surface area contributed by atoms with Gasteiger partial charge in [-0.3, -0.25) is 0 Å². The zero-order chi connectivity index (χ0) is 17.2. The maximum absolute atomic E-state index is 5.35. The Morgan fingerprint density at radius 1 is 1.36 bits per heavy atom. The molecule has 0 bridgehead atoms. The number of hydrogen-bond acceptors (Lipinski definition) is 5. The smallest absolute Gasteiger partial charge is 0.192 e. The number of nitrogens with zero attached hydrogens (tertiary/aromatic N) is 4. The van der Waals surface area contributed by atoms with Gasteiger partial charge in [-0.1, -0.05) is 0 Å². The standard InChI is InChI=1S/C16H26N6O2.HI/c1-4-23-9-6-8-17-16(18-11-14-7-5-10-24-14)19-12-15-21-20-13(2)22(15)3;/h5,7,10H,4,6,8-9,11-12H2,1-3H3,(H2,17,18,19);1H. The molecule has 25 heavy (non-hydrogen) atoms. The predicted octanol–water partition coefficient (Wildman–Crippen LogP) is 2.00. The van der Waals surface area contributed by atoms with Crippen molar-refractivity contribution in [2.45, 2.75) is 33.4 Å². The van der Waals surface area contributed by atoms with Crippen LogP contribution in [0.2, 0.25) is 0 Å². The SMILES string of the molecule is CCOCCCNC(=NCc1nnc(C)n1C)NCc1ccco1.I. The summed E-state index contributed by atoms with van der Waals surface area (Å²) in [7, 11) is 1.94. The Morgan fingerprint density at radius 3 is 2.84 bits per heavy atom. The highest BCUT2D eigenvalue weighted by molar-refractivity contribution is 14.0. The van der Waals surface area contributed by atoms with E-state index in [1.54, 1.807) is 6.26 Å². The van der Waals surface area contributed by atoms with E-state index in [9.17, 15) is 0 Å². The van der Waals surface area contributed by atoms with Crippen LogP contribution in [-0.2, 0) is 24.9 Å². The number of aryl methyl sites for hydroxylation is 1. The molecule has 2 rings (SSSR count). The number of rotatable bonds is 9. The molecule has 0 amide bonds. The van der Waals surface area contributed by atoms with Crippen LogP contribution in [0.25, 0.3) is 0 Å². The lowest BCUT2D eigenvalue weighted by Crippen LogP contribution is -2.37. The number of guanidine groups is 1. The van der Waals surface area contributed by atoms with Crippen molar-refractivity contribution in [3.8, 4) is 0 Å². The van der Waals surface area contributed by atoms with Crippen molar-refractivity contribution >= 4 is 29.9 Å². The third kappa shape index (κ3) is 7.43. The molecular formula is C16H27IN6O2. The summed E-state index contributed by atoms with van der Waals surface area (Å²) in [4.78, 5) is 4.57. The fourth-order valence-electron chi connectivity index (χ4n) is 2.02. The van der Waals surface area contributed by atoms with Gasteiger partial charge < -0.3 is 24.4 Å². The molecule has 0 aliphatic carbocycles. The summed E-state index contributed by atoms with van der Waals surface area (Å²) in [6.45, 7) is 7.19. The summed E-state index contributed by atoms with van der Waals surface area (Å²) in [5, 5.41) is 14.7. The minimum Gasteiger partial charge on any atom is -0.467 e. The van der Waals surface area contributed by atoms with Crippen LogP contribution in [0.4, 0.5) is 0 Å². The van der Waals surface area contributed by atoms with Crippen LogP contribution < -0.4 is 10.6 Å². The molecule has 2 aromatic heterocycles. The molecule has 0 saturated heterocycles. The van der Waals surface area contributed by atoms with Gasteiger partial charge in [0.15, 0.2) is 11.8 Å². The highest BCUT2D eigenvalue weighted by Gasteiger charge is 2.05. The molecule has 2 heterocycles. The molecule has 0 aromatic carbocycles. The van der Waals surface area contributed by atoms with Gasteiger partial charge in [-0.15, -0.1) is 34.2 Å². The monoisotopic (exact) mass is 462 g/mol. The first kappa shape index (κ1) is 21.4. The van der Waals surface area contributed by atoms with E-state index in [1.807, 2.05) is 37.6 Å². The minimum absolute atomic E-state index is 0. The van der Waals surface area contributed by atoms with Crippen LogP contribution in [0.5, 0.6) is 0 Å². The Morgan fingerprint density at radius 2 is 2.20 bits per heavy atom. The Kier molecular flexibility index (Phi) is 10.2. The molecule has 0 atom stereocenters. The van der Waals surface area contributed by atoms with Crippen molar-refractivity contribution in [2.75, 3.05) is 19.8 Å². The molecule has 0 unspecified atom stereocenters. The van der Waals surface area contributed by atoms with Crippen LogP contribution in [0, 0.1) is 6.92 Å². The molecule has 2 N–H and O–H groups in total. The van der Waals surface area contributed by atoms with Crippen LogP contribution in [0.3, 0.4) is 0 Å². The fourth-order valence-corrected chi connectivity index (χ4v) is 2.02. The molecule has 0 aliphatic heterocycles. The molecular weight excluding hydrogens is 435 g/mol. The number of furan rings is 1. The number of nitrogens with one attached hydrogen (secondary N) is 2. The van der Waals surface area contributed by atoms with Crippen LogP contribution in [-0.4, -0.2) is 40.5 Å². The topological polar surface area (TPSA) is 89.5 Å². The van der Waals surface area contributed by atoms with Crippen molar-refractivity contribution in [3.05, 3.63) is 35.8 Å². The zero-order valence-corrected chi connectivity index (χ0v) is 17.3. The third-order valence-electron chi connectivity index (χ3n) is 3.53. The van der Waals surface area contributed by atoms with Crippen LogP contribution in [0.1, 0.15) is 30.8 Å². The Bertz CT molecular complexity index is 627. The summed E-state index contributed by atoms with van der Waals surface area (Å²) in [5.74, 6) is 3.26. The van der Waals surface area contributed by atoms with Crippen LogP contribution >= 0.6 is 24.0 Å². The van der Waals surface area contributed by atoms with Gasteiger partial charge in [0.2, 0.25) is 0 Å². The minimum atomic E-state index is 0. The number of aromatic nitrogens is 3. The summed E-state index contributed by atoms with van der Waals surface area (Å²) in [5.41, 5.74) is 0. The van der Waals surface area contributed by atoms with Gasteiger partial charge in [-0.2, -0.15) is 0 Å². The van der Waals surface area contributed by atoms with Gasteiger partial charge in [0.25, 0.3) is 0 Å². The zero-order valence-electron chi connectivity index (χ0n) is 15.0. The van der Waals surface area contributed by atoms with Gasteiger partial charge in [-0.05, 0) is 32.4 Å². The molecule has 8 nitrogen and oxygen atoms in total. The quantitative estimate of drug-likeness (QED) is 0.257. The van der Waals surface area contributed by atoms with E-state index in [2.05, 4.69) is 25.8 Å². The van der Waals surface area contributed by atoms with E-state index in [0.717, 1.165) is 43.6 Å². The third-order valence-corrected chi connectivity index (χ3v) is 3.53. The lowest BCUT2D eigenvalue weighted by molar-refractivity contribution is 0.145. The average molecular weight is 462 g/mol. The first-order chi connectivity index (χ1) is 11.7. The highest BCUT2D eigenvalue weighted by atomic mass is 127. The van der Waals surface area contributed by atoms with Crippen molar-refractivity contribution < 1.29 is 9.15 Å². The molecule has 140 valence electrons. The first-order valence-corrected chi connectivity index (χ1v) is 8.18. The summed E-state index contributed by atoms with van der Waals surface area (Å²) >= 11 is 0. The van der Waals surface area contributed by atoms with E-state index in [1.165, 1.54) is 0 Å². The first-order valence-electron chi connectivity index (χ1n) is 8.18. The normalized spacial score (nSPS) is 11.2. The van der Waals surface area contributed by atoms with Crippen molar-refractivity contribution in [1.82, 2.24) is 25.4 Å². The number of aliphatic imine (C=N–C) groups is 1. The maximum atomic E-state index is 5.35. The molecule has 0 radical (unpaired) electrons. The number of hydrogen-bond donors (Lipinski definition) is 2. The van der Waals surface area contributed by atoms with Gasteiger partial charge in [0, 0.05) is 26.8 Å². The second kappa shape index (κ2) is 11.9. The largest absolute Gasteiger partial charge is 0.467 e. The van der Waals surface area contributed by atoms with Crippen molar-refractivity contribution in [1.29, 1.82) is 0 Å². The molecule has 2 aromatic rings. The van der Waals surface area contributed by atoms with Crippen molar-refractivity contribution in [2.24, 2.45) is 12.0 Å². The number of halogens is 1. The van der Waals surface area contributed by atoms with E-state index >= 15 is 0 Å². The second-order valence-electron chi connectivity index (χ2n) is 5.30. The number of ether oxygens (including phenoxy) is 1. The van der Waals surface area contributed by atoms with E-state index in [-0.39, 0.29) is 24.0 Å². The van der Waals surface area contributed by atoms with Gasteiger partial charge >= 0.3 is 0 Å². The summed E-state index contributed by atoms with van der Waals surface area (Å²) in [6.07, 6.45) is 2.57. The second-order valence-corrected chi connectivity index (χ2v) is 5.30. The average Bonchev–Trinajstić information content (AvgIpc) is 3.21. The summed E-state index contributed by atoms with van der Waals surface area (Å²) in [6, 6.07) is 3.79. The van der Waals surface area contributed by atoms with Gasteiger partial charge in [0.05, 0.1) is 12.8 Å². The molecule has 0 saturated carbocycles. The van der Waals surface area contributed by atoms with E-state index in [0.29, 0.717) is 19.0 Å². The van der Waals surface area contributed by atoms with Gasteiger partial charge in [0.1, 0.15) is 18.1 Å². The van der Waals surface area contributed by atoms with Crippen LogP contribution in [0.15, 0.2) is 27.8 Å². The van der Waals surface area contributed by atoms with Gasteiger partial charge in [-0.25, -0.2) is 4.99 Å². The molecule has 9 heteroatoms. The lowest BCUT2D eigenvalue weighted by atomic mass is 10.4. The molecule has 0 fully saturated rings. The predicted molar refractivity (Wildman–Crippen MR) is 107 cm³/mol. The molecule has 0 aliphatic rings. The Labute approximate surface area is 165 Å². The summed E-state index contributed by atoms with van der Waals surface area (Å²) < 4.78 is 12.6.